The molecule has 6 nitrogen and oxygen atoms in total. The summed E-state index contributed by atoms with van der Waals surface area (Å²) in [6, 6.07) is 16.3. The van der Waals surface area contributed by atoms with Crippen LogP contribution in [0, 0.1) is 0 Å². The molecule has 2 aliphatic heterocycles. The van der Waals surface area contributed by atoms with Gasteiger partial charge in [-0.2, -0.15) is 0 Å². The van der Waals surface area contributed by atoms with Gasteiger partial charge in [-0.15, -0.1) is 0 Å². The number of hydrogen-bond donors (Lipinski definition) is 2. The maximum atomic E-state index is 13.1. The number of anilines is 1. The van der Waals surface area contributed by atoms with Gasteiger partial charge in [0.1, 0.15) is 0 Å². The number of likely N-dealkylation sites (tertiary alicyclic amines) is 1. The topological polar surface area (TPSA) is 72.9 Å². The van der Waals surface area contributed by atoms with Crippen LogP contribution in [0.1, 0.15) is 35.7 Å². The van der Waals surface area contributed by atoms with Crippen LogP contribution in [0.15, 0.2) is 54.6 Å². The molecule has 2 aromatic carbocycles. The summed E-state index contributed by atoms with van der Waals surface area (Å²) in [5.74, 6) is -0.0820. The van der Waals surface area contributed by atoms with Crippen LogP contribution in [-0.2, 0) is 0 Å². The van der Waals surface area contributed by atoms with E-state index >= 15 is 0 Å². The van der Waals surface area contributed by atoms with Gasteiger partial charge in [0.15, 0.2) is 0 Å². The van der Waals surface area contributed by atoms with Crippen molar-refractivity contribution in [3.8, 4) is 0 Å². The number of benzene rings is 2. The summed E-state index contributed by atoms with van der Waals surface area (Å²) in [5.41, 5.74) is 2.46. The third-order valence-electron chi connectivity index (χ3n) is 5.60. The SMILES string of the molecule is CC(C)NC(=O)N1C[C@H]2[C@@H](c3ccccc31)[C@H](CO)N2C(=O)c1ccccc1. The van der Waals surface area contributed by atoms with Gasteiger partial charge in [-0.05, 0) is 37.6 Å². The van der Waals surface area contributed by atoms with E-state index in [1.54, 1.807) is 21.9 Å². The Balaban J connectivity index is 1.69. The maximum absolute atomic E-state index is 13.1. The molecule has 2 aliphatic rings. The number of aliphatic hydroxyl groups excluding tert-OH is 1. The monoisotopic (exact) mass is 379 g/mol. The molecule has 1 saturated heterocycles. The Hall–Kier alpha value is -2.86. The van der Waals surface area contributed by atoms with Crippen molar-refractivity contribution in [2.45, 2.75) is 37.9 Å². The highest BCUT2D eigenvalue weighted by molar-refractivity contribution is 5.98. The molecule has 2 heterocycles. The highest BCUT2D eigenvalue weighted by Gasteiger charge is 2.55. The molecule has 0 unspecified atom stereocenters. The zero-order valence-corrected chi connectivity index (χ0v) is 16.1. The van der Waals surface area contributed by atoms with Crippen molar-refractivity contribution in [3.05, 3.63) is 65.7 Å². The smallest absolute Gasteiger partial charge is 0.322 e. The van der Waals surface area contributed by atoms with E-state index < -0.39 is 0 Å². The zero-order chi connectivity index (χ0) is 19.8. The zero-order valence-electron chi connectivity index (χ0n) is 16.1. The number of carbonyl (C=O) groups excluding carboxylic acids is 2. The van der Waals surface area contributed by atoms with E-state index in [-0.39, 0.29) is 42.6 Å². The van der Waals surface area contributed by atoms with Crippen molar-refractivity contribution in [1.29, 1.82) is 0 Å². The predicted octanol–water partition coefficient (Wildman–Crippen LogP) is 2.59. The van der Waals surface area contributed by atoms with E-state index in [9.17, 15) is 14.7 Å². The second-order valence-corrected chi connectivity index (χ2v) is 7.70. The summed E-state index contributed by atoms with van der Waals surface area (Å²) in [4.78, 5) is 29.4. The number of para-hydroxylation sites is 1. The van der Waals surface area contributed by atoms with Crippen LogP contribution in [0.4, 0.5) is 10.5 Å². The molecule has 6 heteroatoms. The molecule has 0 aromatic heterocycles. The molecule has 28 heavy (non-hydrogen) atoms. The first-order chi connectivity index (χ1) is 13.5. The van der Waals surface area contributed by atoms with E-state index in [1.807, 2.05) is 56.3 Å². The van der Waals surface area contributed by atoms with E-state index in [0.717, 1.165) is 11.3 Å². The van der Waals surface area contributed by atoms with Gasteiger partial charge in [0.05, 0.1) is 18.7 Å². The third-order valence-corrected chi connectivity index (χ3v) is 5.60. The first-order valence-electron chi connectivity index (χ1n) is 9.68. The Bertz CT molecular complexity index is 884. The fourth-order valence-electron chi connectivity index (χ4n) is 4.41. The van der Waals surface area contributed by atoms with Crippen LogP contribution in [0.3, 0.4) is 0 Å². The number of hydrogen-bond acceptors (Lipinski definition) is 3. The van der Waals surface area contributed by atoms with Gasteiger partial charge < -0.3 is 15.3 Å². The average Bonchev–Trinajstić information content (AvgIpc) is 2.68. The Morgan fingerprint density at radius 2 is 1.79 bits per heavy atom. The summed E-state index contributed by atoms with van der Waals surface area (Å²) in [5, 5.41) is 13.0. The summed E-state index contributed by atoms with van der Waals surface area (Å²) in [6.07, 6.45) is 0. The minimum Gasteiger partial charge on any atom is -0.394 e. The van der Waals surface area contributed by atoms with E-state index in [0.29, 0.717) is 12.1 Å². The number of urea groups is 1. The summed E-state index contributed by atoms with van der Waals surface area (Å²) < 4.78 is 0. The quantitative estimate of drug-likeness (QED) is 0.861. The standard InChI is InChI=1S/C22H25N3O3/c1-14(2)23-22(28)24-12-18-20(16-10-6-7-11-17(16)24)19(13-26)25(18)21(27)15-8-4-3-5-9-15/h3-11,14,18-20,26H,12-13H2,1-2H3,(H,23,28)/t18-,19-,20+/m0/s1. The van der Waals surface area contributed by atoms with Crippen molar-refractivity contribution < 1.29 is 14.7 Å². The lowest BCUT2D eigenvalue weighted by Gasteiger charge is -2.58. The fourth-order valence-corrected chi connectivity index (χ4v) is 4.41. The molecule has 3 amide bonds. The van der Waals surface area contributed by atoms with Gasteiger partial charge in [-0.1, -0.05) is 36.4 Å². The second kappa shape index (κ2) is 7.28. The van der Waals surface area contributed by atoms with Gasteiger partial charge in [0.25, 0.3) is 5.91 Å². The normalized spacial score (nSPS) is 22.9. The van der Waals surface area contributed by atoms with Crippen LogP contribution < -0.4 is 10.2 Å². The number of aliphatic hydroxyl groups is 1. The minimum absolute atomic E-state index is 0.0195. The van der Waals surface area contributed by atoms with Crippen molar-refractivity contribution in [2.75, 3.05) is 18.1 Å². The van der Waals surface area contributed by atoms with Crippen molar-refractivity contribution >= 4 is 17.6 Å². The molecule has 4 rings (SSSR count). The largest absolute Gasteiger partial charge is 0.394 e. The van der Waals surface area contributed by atoms with Gasteiger partial charge >= 0.3 is 6.03 Å². The molecule has 2 aromatic rings. The van der Waals surface area contributed by atoms with Gasteiger partial charge in [0, 0.05) is 29.8 Å². The molecule has 2 N–H and O–H groups in total. The van der Waals surface area contributed by atoms with Crippen LogP contribution in [0.5, 0.6) is 0 Å². The van der Waals surface area contributed by atoms with Gasteiger partial charge in [0.2, 0.25) is 0 Å². The Morgan fingerprint density at radius 1 is 1.11 bits per heavy atom. The van der Waals surface area contributed by atoms with Crippen LogP contribution in [-0.4, -0.2) is 53.2 Å². The molecule has 146 valence electrons. The molecular weight excluding hydrogens is 354 g/mol. The molecule has 3 atom stereocenters. The molecule has 0 aliphatic carbocycles. The van der Waals surface area contributed by atoms with E-state index in [2.05, 4.69) is 5.32 Å². The highest BCUT2D eigenvalue weighted by Crippen LogP contribution is 2.48. The Labute approximate surface area is 164 Å². The third kappa shape index (κ3) is 2.94. The van der Waals surface area contributed by atoms with Gasteiger partial charge in [-0.25, -0.2) is 4.79 Å². The fraction of sp³-hybridized carbons (Fsp3) is 0.364. The minimum atomic E-state index is -0.283. The molecule has 0 saturated carbocycles. The number of rotatable bonds is 3. The number of nitrogens with zero attached hydrogens (tertiary/aromatic N) is 2. The molecule has 0 spiro atoms. The number of nitrogens with one attached hydrogen (secondary N) is 1. The number of amides is 3. The Kier molecular flexibility index (Phi) is 4.81. The lowest BCUT2D eigenvalue weighted by atomic mass is 9.71. The highest BCUT2D eigenvalue weighted by atomic mass is 16.3. The number of fused-ring (bicyclic) bond motifs is 3. The lowest BCUT2D eigenvalue weighted by Crippen LogP contribution is -2.71. The summed E-state index contributed by atoms with van der Waals surface area (Å²) in [6.45, 7) is 4.15. The molecule has 0 radical (unpaired) electrons. The van der Waals surface area contributed by atoms with Crippen molar-refractivity contribution in [3.63, 3.8) is 0 Å². The predicted molar refractivity (Wildman–Crippen MR) is 107 cm³/mol. The van der Waals surface area contributed by atoms with E-state index in [4.69, 9.17) is 0 Å². The van der Waals surface area contributed by atoms with Crippen LogP contribution >= 0.6 is 0 Å². The summed E-state index contributed by atoms with van der Waals surface area (Å²) in [7, 11) is 0. The first-order valence-corrected chi connectivity index (χ1v) is 9.68. The molecular formula is C22H25N3O3. The van der Waals surface area contributed by atoms with Crippen LogP contribution in [0.25, 0.3) is 0 Å². The van der Waals surface area contributed by atoms with E-state index in [1.165, 1.54) is 0 Å². The lowest BCUT2D eigenvalue weighted by molar-refractivity contribution is -0.0242. The molecule has 0 bridgehead atoms. The van der Waals surface area contributed by atoms with Crippen LogP contribution in [0.2, 0.25) is 0 Å². The van der Waals surface area contributed by atoms with Crippen molar-refractivity contribution in [1.82, 2.24) is 10.2 Å². The van der Waals surface area contributed by atoms with Gasteiger partial charge in [-0.3, -0.25) is 9.69 Å². The molecule has 1 fully saturated rings. The van der Waals surface area contributed by atoms with Crippen molar-refractivity contribution in [2.24, 2.45) is 0 Å². The average molecular weight is 379 g/mol. The second-order valence-electron chi connectivity index (χ2n) is 7.70. The number of carbonyl (C=O) groups is 2. The summed E-state index contributed by atoms with van der Waals surface area (Å²) >= 11 is 0. The Morgan fingerprint density at radius 3 is 2.46 bits per heavy atom. The first kappa shape index (κ1) is 18.5. The maximum Gasteiger partial charge on any atom is 0.322 e.